The molecule has 1 aromatic rings. The first-order valence-corrected chi connectivity index (χ1v) is 7.87. The summed E-state index contributed by atoms with van der Waals surface area (Å²) in [6.07, 6.45) is 3.51. The summed E-state index contributed by atoms with van der Waals surface area (Å²) in [5, 5.41) is 3.26. The molecule has 0 aromatic carbocycles. The Bertz CT molecular complexity index is 530. The van der Waals surface area contributed by atoms with Crippen LogP contribution in [0.5, 0.6) is 0 Å². The van der Waals surface area contributed by atoms with Gasteiger partial charge in [-0.3, -0.25) is 4.79 Å². The van der Waals surface area contributed by atoms with Crippen molar-refractivity contribution in [3.05, 3.63) is 18.5 Å². The van der Waals surface area contributed by atoms with Gasteiger partial charge in [-0.2, -0.15) is 0 Å². The van der Waals surface area contributed by atoms with Crippen molar-refractivity contribution in [2.24, 2.45) is 4.99 Å². The Balaban J connectivity index is 0.00000288. The van der Waals surface area contributed by atoms with E-state index in [1.807, 2.05) is 13.0 Å². The second-order valence-electron chi connectivity index (χ2n) is 5.48. The van der Waals surface area contributed by atoms with Crippen LogP contribution in [0.25, 0.3) is 0 Å². The standard InChI is InChI=1S/C15H25N7O.HI/c1-4-16-14(19-12-13(23)20(2)3)21-8-10-22(11-9-21)15-17-6-5-7-18-15;/h5-7H,4,8-12H2,1-3H3,(H,16,19);1H. The van der Waals surface area contributed by atoms with Crippen LogP contribution < -0.4 is 10.2 Å². The molecule has 24 heavy (non-hydrogen) atoms. The number of aliphatic imine (C=N–C) groups is 1. The molecule has 9 heteroatoms. The lowest BCUT2D eigenvalue weighted by molar-refractivity contribution is -0.127. The number of carbonyl (C=O) groups is 1. The Morgan fingerprint density at radius 3 is 2.42 bits per heavy atom. The van der Waals surface area contributed by atoms with Crippen molar-refractivity contribution in [2.45, 2.75) is 6.92 Å². The normalized spacial score (nSPS) is 14.9. The van der Waals surface area contributed by atoms with E-state index >= 15 is 0 Å². The van der Waals surface area contributed by atoms with Crippen molar-refractivity contribution in [1.29, 1.82) is 0 Å². The van der Waals surface area contributed by atoms with Gasteiger partial charge in [0.2, 0.25) is 11.9 Å². The summed E-state index contributed by atoms with van der Waals surface area (Å²) in [6.45, 7) is 6.26. The molecule has 0 atom stereocenters. The molecule has 134 valence electrons. The number of halogens is 1. The minimum Gasteiger partial charge on any atom is -0.357 e. The summed E-state index contributed by atoms with van der Waals surface area (Å²) in [6, 6.07) is 1.82. The molecule has 0 bridgehead atoms. The number of nitrogens with zero attached hydrogens (tertiary/aromatic N) is 6. The van der Waals surface area contributed by atoms with Crippen molar-refractivity contribution >= 4 is 41.8 Å². The molecule has 0 spiro atoms. The lowest BCUT2D eigenvalue weighted by Crippen LogP contribution is -2.53. The quantitative estimate of drug-likeness (QED) is 0.406. The molecule has 1 aromatic heterocycles. The predicted molar refractivity (Wildman–Crippen MR) is 106 cm³/mol. The van der Waals surface area contributed by atoms with E-state index in [1.165, 1.54) is 0 Å². The molecule has 0 unspecified atom stereocenters. The zero-order valence-corrected chi connectivity index (χ0v) is 16.8. The maximum atomic E-state index is 11.7. The van der Waals surface area contributed by atoms with Gasteiger partial charge < -0.3 is 20.0 Å². The highest BCUT2D eigenvalue weighted by molar-refractivity contribution is 14.0. The van der Waals surface area contributed by atoms with Gasteiger partial charge in [-0.15, -0.1) is 24.0 Å². The molecule has 1 aliphatic rings. The molecular formula is C15H26IN7O. The first-order chi connectivity index (χ1) is 11.1. The third kappa shape index (κ3) is 5.77. The second-order valence-corrected chi connectivity index (χ2v) is 5.48. The Morgan fingerprint density at radius 2 is 1.88 bits per heavy atom. The van der Waals surface area contributed by atoms with Crippen LogP contribution >= 0.6 is 24.0 Å². The molecule has 1 aliphatic heterocycles. The van der Waals surface area contributed by atoms with Crippen molar-refractivity contribution in [3.63, 3.8) is 0 Å². The van der Waals surface area contributed by atoms with E-state index in [-0.39, 0.29) is 36.4 Å². The minimum atomic E-state index is -0.00303. The number of piperazine rings is 1. The zero-order chi connectivity index (χ0) is 16.7. The number of rotatable bonds is 4. The summed E-state index contributed by atoms with van der Waals surface area (Å²) in [5.41, 5.74) is 0. The number of likely N-dealkylation sites (N-methyl/N-ethyl adjacent to an activating group) is 1. The van der Waals surface area contributed by atoms with Gasteiger partial charge in [0.25, 0.3) is 0 Å². The predicted octanol–water partition coefficient (Wildman–Crippen LogP) is 0.270. The van der Waals surface area contributed by atoms with Gasteiger partial charge in [0.05, 0.1) is 0 Å². The first-order valence-electron chi connectivity index (χ1n) is 7.87. The number of carbonyl (C=O) groups excluding carboxylic acids is 1. The molecule has 0 aliphatic carbocycles. The Labute approximate surface area is 160 Å². The Morgan fingerprint density at radius 1 is 1.25 bits per heavy atom. The van der Waals surface area contributed by atoms with Gasteiger partial charge in [-0.25, -0.2) is 15.0 Å². The molecule has 2 rings (SSSR count). The van der Waals surface area contributed by atoms with E-state index in [1.54, 1.807) is 31.4 Å². The zero-order valence-electron chi connectivity index (χ0n) is 14.5. The summed E-state index contributed by atoms with van der Waals surface area (Å²) in [7, 11) is 3.48. The number of hydrogen-bond donors (Lipinski definition) is 1. The fourth-order valence-electron chi connectivity index (χ4n) is 2.28. The van der Waals surface area contributed by atoms with E-state index in [0.29, 0.717) is 0 Å². The van der Waals surface area contributed by atoms with E-state index < -0.39 is 0 Å². The van der Waals surface area contributed by atoms with Crippen LogP contribution in [0.1, 0.15) is 6.92 Å². The number of nitrogens with one attached hydrogen (secondary N) is 1. The lowest BCUT2D eigenvalue weighted by atomic mass is 10.3. The van der Waals surface area contributed by atoms with Crippen LogP contribution in [-0.2, 0) is 4.79 Å². The maximum absolute atomic E-state index is 11.7. The molecular weight excluding hydrogens is 421 g/mol. The topological polar surface area (TPSA) is 77.0 Å². The van der Waals surface area contributed by atoms with Gasteiger partial charge in [0, 0.05) is 59.2 Å². The van der Waals surface area contributed by atoms with E-state index in [9.17, 15) is 4.79 Å². The molecule has 0 radical (unpaired) electrons. The maximum Gasteiger partial charge on any atom is 0.243 e. The van der Waals surface area contributed by atoms with Crippen LogP contribution in [0.3, 0.4) is 0 Å². The molecule has 1 saturated heterocycles. The fraction of sp³-hybridized carbons (Fsp3) is 0.600. The summed E-state index contributed by atoms with van der Waals surface area (Å²) < 4.78 is 0. The molecule has 8 nitrogen and oxygen atoms in total. The number of amides is 1. The van der Waals surface area contributed by atoms with Gasteiger partial charge in [-0.1, -0.05) is 0 Å². The van der Waals surface area contributed by atoms with Crippen molar-refractivity contribution in [3.8, 4) is 0 Å². The average molecular weight is 447 g/mol. The van der Waals surface area contributed by atoms with Crippen LogP contribution in [0.4, 0.5) is 5.95 Å². The van der Waals surface area contributed by atoms with Crippen molar-refractivity contribution in [2.75, 3.05) is 58.3 Å². The van der Waals surface area contributed by atoms with E-state index in [0.717, 1.165) is 44.6 Å². The van der Waals surface area contributed by atoms with Crippen LogP contribution in [-0.4, -0.2) is 85.0 Å². The van der Waals surface area contributed by atoms with E-state index in [2.05, 4.69) is 30.1 Å². The first kappa shape index (κ1) is 20.4. The average Bonchev–Trinajstić information content (AvgIpc) is 2.59. The largest absolute Gasteiger partial charge is 0.357 e. The Hall–Kier alpha value is -1.65. The van der Waals surface area contributed by atoms with Crippen LogP contribution in [0.2, 0.25) is 0 Å². The highest BCUT2D eigenvalue weighted by atomic mass is 127. The summed E-state index contributed by atoms with van der Waals surface area (Å²) in [5.74, 6) is 1.55. The third-order valence-electron chi connectivity index (χ3n) is 3.61. The number of anilines is 1. The molecule has 2 heterocycles. The van der Waals surface area contributed by atoms with Crippen molar-refractivity contribution < 1.29 is 4.79 Å². The molecule has 1 amide bonds. The van der Waals surface area contributed by atoms with E-state index in [4.69, 9.17) is 0 Å². The lowest BCUT2D eigenvalue weighted by Gasteiger charge is -2.36. The molecule has 0 saturated carbocycles. The number of aromatic nitrogens is 2. The summed E-state index contributed by atoms with van der Waals surface area (Å²) >= 11 is 0. The van der Waals surface area contributed by atoms with Crippen molar-refractivity contribution in [1.82, 2.24) is 25.1 Å². The second kappa shape index (κ2) is 10.3. The minimum absolute atomic E-state index is 0. The number of guanidine groups is 1. The van der Waals surface area contributed by atoms with Crippen LogP contribution in [0.15, 0.2) is 23.5 Å². The van der Waals surface area contributed by atoms with Gasteiger partial charge in [-0.05, 0) is 13.0 Å². The summed E-state index contributed by atoms with van der Waals surface area (Å²) in [4.78, 5) is 30.6. The van der Waals surface area contributed by atoms with Crippen LogP contribution in [0, 0.1) is 0 Å². The highest BCUT2D eigenvalue weighted by Crippen LogP contribution is 2.09. The van der Waals surface area contributed by atoms with Gasteiger partial charge in [0.1, 0.15) is 6.54 Å². The molecule has 1 fully saturated rings. The highest BCUT2D eigenvalue weighted by Gasteiger charge is 2.21. The smallest absolute Gasteiger partial charge is 0.243 e. The van der Waals surface area contributed by atoms with Gasteiger partial charge in [0.15, 0.2) is 5.96 Å². The monoisotopic (exact) mass is 447 g/mol. The fourth-order valence-corrected chi connectivity index (χ4v) is 2.28. The number of hydrogen-bond acceptors (Lipinski definition) is 5. The SMILES string of the molecule is CCNC(=NCC(=O)N(C)C)N1CCN(c2ncccn2)CC1.I. The Kier molecular flexibility index (Phi) is 8.72. The van der Waals surface area contributed by atoms with Gasteiger partial charge >= 0.3 is 0 Å². The third-order valence-corrected chi connectivity index (χ3v) is 3.61. The molecule has 1 N–H and O–H groups in total.